The normalized spacial score (nSPS) is 13.3. The number of unbranched alkanes of at least 4 members (excludes halogenated alkanes) is 36. The van der Waals surface area contributed by atoms with Crippen LogP contribution in [0.15, 0.2) is 122 Å². The summed E-state index contributed by atoms with van der Waals surface area (Å²) in [6.07, 6.45) is 102. The van der Waals surface area contributed by atoms with E-state index in [1.807, 2.05) is 21.1 Å². The Hall–Kier alpha value is -4.31. The van der Waals surface area contributed by atoms with Crippen molar-refractivity contribution >= 4 is 17.9 Å². The van der Waals surface area contributed by atoms with Crippen LogP contribution in [-0.2, 0) is 33.3 Å². The molecule has 0 aliphatic rings. The summed E-state index contributed by atoms with van der Waals surface area (Å²) in [6.45, 7) is 4.62. The molecule has 9 nitrogen and oxygen atoms in total. The summed E-state index contributed by atoms with van der Waals surface area (Å²) in [5.74, 6) is -2.30. The van der Waals surface area contributed by atoms with Gasteiger partial charge in [0.15, 0.2) is 12.4 Å². The SMILES string of the molecule is CC/C=C\C/C=C\C/C=C\C/C=C\C/C=C\C/C=C\C/C=C\CCCCCCCC(=O)OC(COC(=O)CCCCCCCCCCCCCCCCCCCCCCCCCCCC/C=C\C/C=C\C/C=C\CCCCCCC)COC(OCC[N+](C)(C)C)C(=O)[O-]. The van der Waals surface area contributed by atoms with Crippen molar-refractivity contribution in [1.82, 2.24) is 0 Å². The molecule has 0 aliphatic heterocycles. The van der Waals surface area contributed by atoms with Crippen LogP contribution in [0.25, 0.3) is 0 Å². The van der Waals surface area contributed by atoms with Gasteiger partial charge in [-0.2, -0.15) is 0 Å². The van der Waals surface area contributed by atoms with Gasteiger partial charge >= 0.3 is 11.9 Å². The van der Waals surface area contributed by atoms with E-state index < -0.39 is 24.3 Å². The molecule has 9 heteroatoms. The number of hydrogen-bond acceptors (Lipinski definition) is 8. The molecule has 0 heterocycles. The minimum Gasteiger partial charge on any atom is -0.545 e. The Labute approximate surface area is 574 Å². The minimum atomic E-state index is -1.63. The van der Waals surface area contributed by atoms with E-state index >= 15 is 0 Å². The third-order valence-electron chi connectivity index (χ3n) is 16.7. The lowest BCUT2D eigenvalue weighted by Crippen LogP contribution is -2.44. The molecule has 0 saturated carbocycles. The third kappa shape index (κ3) is 74.9. The van der Waals surface area contributed by atoms with Crippen LogP contribution in [0.5, 0.6) is 0 Å². The number of aliphatic carboxylic acids is 1. The second-order valence-corrected chi connectivity index (χ2v) is 26.9. The van der Waals surface area contributed by atoms with E-state index in [9.17, 15) is 19.5 Å². The Balaban J connectivity index is 4.03. The standard InChI is InChI=1S/C84H145NO8/c1-6-8-10-12-14-16-18-20-22-24-26-28-30-32-34-35-36-37-38-39-40-41-42-43-44-45-46-47-49-50-52-54-56-58-60-62-64-66-68-70-72-74-81(86)91-78-80(79-92-84(83(88)89)90-77-76-85(3,4)5)93-82(87)75-73-71-69-67-65-63-61-59-57-55-53-51-48-33-31-29-27-25-23-21-19-17-15-13-11-9-7-2/h9,11,15,17-18,20-21,23-24,26-27,29-30,32-33,48,53,55,59,61,80,84H,6-8,10,12-14,16,19,22,25,28,31,34-47,49-52,54,56-58,60,62-79H2,1-5H3/b11-9-,17-15-,20-18-,23-21-,26-24-,29-27-,32-30-,48-33-,55-53-,61-59-. The Morgan fingerprint density at radius 1 is 0.333 bits per heavy atom. The van der Waals surface area contributed by atoms with Gasteiger partial charge in [-0.3, -0.25) is 9.59 Å². The van der Waals surface area contributed by atoms with Crippen molar-refractivity contribution in [3.05, 3.63) is 122 Å². The van der Waals surface area contributed by atoms with Crippen LogP contribution >= 0.6 is 0 Å². The van der Waals surface area contributed by atoms with Crippen LogP contribution in [-0.4, -0.2) is 82.3 Å². The van der Waals surface area contributed by atoms with E-state index in [2.05, 4.69) is 135 Å². The Morgan fingerprint density at radius 2 is 0.613 bits per heavy atom. The van der Waals surface area contributed by atoms with Crippen molar-refractivity contribution in [3.63, 3.8) is 0 Å². The molecule has 2 unspecified atom stereocenters. The van der Waals surface area contributed by atoms with Crippen LogP contribution in [0, 0.1) is 0 Å². The smallest absolute Gasteiger partial charge is 0.306 e. The molecular formula is C84H145NO8. The molecule has 0 aromatic carbocycles. The molecular weight excluding hydrogens is 1150 g/mol. The van der Waals surface area contributed by atoms with E-state index in [0.717, 1.165) is 109 Å². The number of carbonyl (C=O) groups is 3. The highest BCUT2D eigenvalue weighted by Gasteiger charge is 2.22. The number of quaternary nitrogens is 1. The fourth-order valence-electron chi connectivity index (χ4n) is 10.8. The van der Waals surface area contributed by atoms with E-state index in [-0.39, 0.29) is 38.6 Å². The molecule has 0 amide bonds. The van der Waals surface area contributed by atoms with Gasteiger partial charge in [0, 0.05) is 12.8 Å². The van der Waals surface area contributed by atoms with Crippen molar-refractivity contribution in [1.29, 1.82) is 0 Å². The molecule has 0 bridgehead atoms. The highest BCUT2D eigenvalue weighted by Crippen LogP contribution is 2.18. The first-order chi connectivity index (χ1) is 45.6. The molecule has 0 spiro atoms. The molecule has 0 N–H and O–H groups in total. The predicted octanol–water partition coefficient (Wildman–Crippen LogP) is 23.4. The lowest BCUT2D eigenvalue weighted by Gasteiger charge is -2.26. The minimum absolute atomic E-state index is 0.139. The fourth-order valence-corrected chi connectivity index (χ4v) is 10.8. The van der Waals surface area contributed by atoms with Crippen molar-refractivity contribution in [2.75, 3.05) is 47.5 Å². The average molecular weight is 1300 g/mol. The number of carboxylic acid groups (broad SMARTS) is 1. The maximum Gasteiger partial charge on any atom is 0.306 e. The molecule has 0 fully saturated rings. The number of hydrogen-bond donors (Lipinski definition) is 0. The average Bonchev–Trinajstić information content (AvgIpc) is 3.38. The summed E-state index contributed by atoms with van der Waals surface area (Å²) in [6, 6.07) is 0. The summed E-state index contributed by atoms with van der Waals surface area (Å²) in [5, 5.41) is 11.8. The van der Waals surface area contributed by atoms with E-state index in [4.69, 9.17) is 18.9 Å². The van der Waals surface area contributed by atoms with Gasteiger partial charge in [-0.15, -0.1) is 0 Å². The van der Waals surface area contributed by atoms with Crippen LogP contribution < -0.4 is 5.11 Å². The van der Waals surface area contributed by atoms with Gasteiger partial charge in [0.2, 0.25) is 0 Å². The number of esters is 2. The number of ether oxygens (including phenoxy) is 4. The van der Waals surface area contributed by atoms with Crippen LogP contribution in [0.3, 0.4) is 0 Å². The molecule has 0 radical (unpaired) electrons. The van der Waals surface area contributed by atoms with Gasteiger partial charge in [-0.25, -0.2) is 0 Å². The van der Waals surface area contributed by atoms with Crippen molar-refractivity contribution in [2.24, 2.45) is 0 Å². The Morgan fingerprint density at radius 3 is 0.914 bits per heavy atom. The number of carbonyl (C=O) groups excluding carboxylic acids is 3. The van der Waals surface area contributed by atoms with Crippen molar-refractivity contribution in [2.45, 2.75) is 347 Å². The first-order valence-electron chi connectivity index (χ1n) is 38.7. The van der Waals surface area contributed by atoms with E-state index in [0.29, 0.717) is 17.4 Å². The lowest BCUT2D eigenvalue weighted by atomic mass is 10.0. The fraction of sp³-hybridized carbons (Fsp3) is 0.726. The molecule has 534 valence electrons. The quantitative estimate of drug-likeness (QED) is 0.0195. The summed E-state index contributed by atoms with van der Waals surface area (Å²) in [4.78, 5) is 37.5. The van der Waals surface area contributed by atoms with Gasteiger partial charge in [0.1, 0.15) is 13.2 Å². The lowest BCUT2D eigenvalue weighted by molar-refractivity contribution is -0.870. The maximum atomic E-state index is 12.9. The number of rotatable bonds is 71. The first-order valence-corrected chi connectivity index (χ1v) is 38.7. The molecule has 0 aromatic rings. The summed E-state index contributed by atoms with van der Waals surface area (Å²) in [5.41, 5.74) is 0. The highest BCUT2D eigenvalue weighted by atomic mass is 16.7. The van der Waals surface area contributed by atoms with Crippen LogP contribution in [0.2, 0.25) is 0 Å². The highest BCUT2D eigenvalue weighted by molar-refractivity contribution is 5.70. The van der Waals surface area contributed by atoms with Crippen LogP contribution in [0.4, 0.5) is 0 Å². The van der Waals surface area contributed by atoms with Gasteiger partial charge in [0.25, 0.3) is 0 Å². The summed E-state index contributed by atoms with van der Waals surface area (Å²) in [7, 11) is 5.92. The van der Waals surface area contributed by atoms with Crippen LogP contribution in [0.1, 0.15) is 335 Å². The monoisotopic (exact) mass is 1300 g/mol. The second-order valence-electron chi connectivity index (χ2n) is 26.9. The summed E-state index contributed by atoms with van der Waals surface area (Å²) < 4.78 is 22.8. The first kappa shape index (κ1) is 88.7. The molecule has 93 heavy (non-hydrogen) atoms. The summed E-state index contributed by atoms with van der Waals surface area (Å²) >= 11 is 0. The Bertz CT molecular complexity index is 1950. The van der Waals surface area contributed by atoms with Gasteiger partial charge in [-0.1, -0.05) is 334 Å². The zero-order chi connectivity index (χ0) is 67.5. The molecule has 0 saturated heterocycles. The number of carboxylic acids is 1. The van der Waals surface area contributed by atoms with Crippen molar-refractivity contribution in [3.8, 4) is 0 Å². The zero-order valence-corrected chi connectivity index (χ0v) is 61.1. The van der Waals surface area contributed by atoms with Gasteiger partial charge in [-0.05, 0) is 109 Å². The maximum absolute atomic E-state index is 12.9. The number of allylic oxidation sites excluding steroid dienone is 20. The van der Waals surface area contributed by atoms with Crippen molar-refractivity contribution < 1.29 is 42.9 Å². The molecule has 0 aliphatic carbocycles. The Kier molecular flexibility index (Phi) is 70.1. The molecule has 0 rings (SSSR count). The zero-order valence-electron chi connectivity index (χ0n) is 61.1. The molecule has 0 aromatic heterocycles. The van der Waals surface area contributed by atoms with E-state index in [1.54, 1.807) is 0 Å². The predicted molar refractivity (Wildman–Crippen MR) is 398 cm³/mol. The second kappa shape index (κ2) is 73.5. The third-order valence-corrected chi connectivity index (χ3v) is 16.7. The topological polar surface area (TPSA) is 111 Å². The largest absolute Gasteiger partial charge is 0.545 e. The van der Waals surface area contributed by atoms with Gasteiger partial charge in [0.05, 0.1) is 40.3 Å². The van der Waals surface area contributed by atoms with E-state index in [1.165, 1.54) is 193 Å². The number of nitrogens with zero attached hydrogens (tertiary/aromatic N) is 1. The molecule has 2 atom stereocenters. The number of likely N-dealkylation sites (N-methyl/N-ethyl adjacent to an activating group) is 1. The van der Waals surface area contributed by atoms with Gasteiger partial charge < -0.3 is 33.3 Å².